The van der Waals surface area contributed by atoms with Crippen molar-refractivity contribution in [2.45, 2.75) is 0 Å². The number of fused-ring (bicyclic) bond motifs is 13. The minimum atomic E-state index is 0.803. The van der Waals surface area contributed by atoms with Gasteiger partial charge in [-0.1, -0.05) is 224 Å². The second kappa shape index (κ2) is 25.5. The van der Waals surface area contributed by atoms with Gasteiger partial charge in [-0.2, -0.15) is 17.5 Å². The SMILES string of the molecule is c1ccc(-c2cc3c(-c4cccc(-c5ccc(-c6cc(-c7ccccn7)nc(-c7ccccn7)c6)cc5)c4)nc4ccccc4c3c3nsnc23)cc1.c1ccc(-c2ccc3ccc4ccc(-c5cccc(-c6nc7ccccc7c7c6cc(-c6ccccc6)c6nsnc67)c5)nc4c3n2)cc1. The van der Waals surface area contributed by atoms with Gasteiger partial charge in [-0.25, -0.2) is 24.9 Å². The summed E-state index contributed by atoms with van der Waals surface area (Å²) < 4.78 is 19.3. The van der Waals surface area contributed by atoms with Crippen LogP contribution < -0.4 is 0 Å². The average Bonchev–Trinajstić information content (AvgIpc) is 1.58. The van der Waals surface area contributed by atoms with E-state index in [1.807, 2.05) is 78.9 Å². The third-order valence-electron chi connectivity index (χ3n) is 19.0. The lowest BCUT2D eigenvalue weighted by Gasteiger charge is -2.14. The first-order valence-corrected chi connectivity index (χ1v) is 35.0. The number of hydrogen-bond donors (Lipinski definition) is 0. The zero-order valence-electron chi connectivity index (χ0n) is 54.3. The van der Waals surface area contributed by atoms with E-state index < -0.39 is 0 Å². The maximum Gasteiger partial charge on any atom is 0.114 e. The van der Waals surface area contributed by atoms with Crippen molar-refractivity contribution in [3.05, 3.63) is 322 Å². The van der Waals surface area contributed by atoms with Gasteiger partial charge in [0.25, 0.3) is 0 Å². The van der Waals surface area contributed by atoms with Crippen LogP contribution >= 0.6 is 23.5 Å². The van der Waals surface area contributed by atoms with Crippen LogP contribution in [0, 0.1) is 0 Å². The molecule has 20 rings (SSSR count). The molecule has 0 saturated carbocycles. The van der Waals surface area contributed by atoms with E-state index >= 15 is 0 Å². The van der Waals surface area contributed by atoms with E-state index in [1.165, 1.54) is 23.5 Å². The molecule has 0 radical (unpaired) electrons. The third-order valence-corrected chi connectivity index (χ3v) is 20.0. The zero-order chi connectivity index (χ0) is 67.5. The molecule has 0 aliphatic carbocycles. The number of hydrogen-bond acceptors (Lipinski definition) is 13. The highest BCUT2D eigenvalue weighted by atomic mass is 32.1. The number of pyridine rings is 7. The highest BCUT2D eigenvalue weighted by molar-refractivity contribution is 7.00. The van der Waals surface area contributed by atoms with Crippen LogP contribution in [0.4, 0.5) is 0 Å². The minimum Gasteiger partial charge on any atom is -0.255 e. The van der Waals surface area contributed by atoms with Crippen molar-refractivity contribution >= 4 is 111 Å². The fraction of sp³-hybridized carbons (Fsp3) is 0. The van der Waals surface area contributed by atoms with Crippen LogP contribution in [0.25, 0.3) is 200 Å². The molecular weight excluding hydrogens is 1290 g/mol. The monoisotopic (exact) mass is 1340 g/mol. The maximum absolute atomic E-state index is 5.29. The molecule has 102 heavy (non-hydrogen) atoms. The molecule has 11 nitrogen and oxygen atoms in total. The van der Waals surface area contributed by atoms with Crippen LogP contribution in [0.3, 0.4) is 0 Å². The number of para-hydroxylation sites is 2. The zero-order valence-corrected chi connectivity index (χ0v) is 56.0. The summed E-state index contributed by atoms with van der Waals surface area (Å²) in [5.41, 5.74) is 27.0. The summed E-state index contributed by atoms with van der Waals surface area (Å²) in [4.78, 5) is 35.0. The van der Waals surface area contributed by atoms with Crippen molar-refractivity contribution in [1.29, 1.82) is 0 Å². The summed E-state index contributed by atoms with van der Waals surface area (Å²) in [6.45, 7) is 0. The fourth-order valence-corrected chi connectivity index (χ4v) is 15.2. The van der Waals surface area contributed by atoms with Gasteiger partial charge in [-0.3, -0.25) is 9.97 Å². The smallest absolute Gasteiger partial charge is 0.114 e. The molecule has 0 unspecified atom stereocenters. The molecule has 0 aliphatic rings. The van der Waals surface area contributed by atoms with Gasteiger partial charge >= 0.3 is 0 Å². The summed E-state index contributed by atoms with van der Waals surface area (Å²) in [5, 5.41) is 8.52. The third kappa shape index (κ3) is 10.9. The summed E-state index contributed by atoms with van der Waals surface area (Å²) in [7, 11) is 0. The lowest BCUT2D eigenvalue weighted by molar-refractivity contribution is 1.22. The molecule has 0 atom stereocenters. The Balaban J connectivity index is 0.000000142. The molecule has 476 valence electrons. The largest absolute Gasteiger partial charge is 0.255 e. The van der Waals surface area contributed by atoms with Gasteiger partial charge in [0.1, 0.15) is 22.1 Å². The van der Waals surface area contributed by atoms with Crippen LogP contribution in [0.2, 0.25) is 0 Å². The van der Waals surface area contributed by atoms with E-state index in [0.717, 1.165) is 200 Å². The number of aromatic nitrogens is 11. The van der Waals surface area contributed by atoms with Crippen LogP contribution in [-0.2, 0) is 0 Å². The van der Waals surface area contributed by atoms with Crippen LogP contribution in [0.15, 0.2) is 322 Å². The minimum absolute atomic E-state index is 0.803. The molecular formula is C89H53N11S2. The normalized spacial score (nSPS) is 11.5. The molecule has 0 spiro atoms. The van der Waals surface area contributed by atoms with E-state index in [1.54, 1.807) is 12.4 Å². The van der Waals surface area contributed by atoms with E-state index in [2.05, 4.69) is 240 Å². The molecule has 13 heteroatoms. The molecule has 0 saturated heterocycles. The Morgan fingerprint density at radius 3 is 1.11 bits per heavy atom. The van der Waals surface area contributed by atoms with Crippen molar-refractivity contribution in [2.24, 2.45) is 0 Å². The van der Waals surface area contributed by atoms with E-state index in [9.17, 15) is 0 Å². The molecule has 0 N–H and O–H groups in total. The number of benzene rings is 11. The van der Waals surface area contributed by atoms with Gasteiger partial charge in [0.2, 0.25) is 0 Å². The average molecular weight is 1340 g/mol. The lowest BCUT2D eigenvalue weighted by atomic mass is 9.93. The van der Waals surface area contributed by atoms with Crippen LogP contribution in [0.5, 0.6) is 0 Å². The first-order valence-electron chi connectivity index (χ1n) is 33.5. The molecule has 0 fully saturated rings. The standard InChI is InChI=1S/C46H28N6S.C43H25N5S/c1-2-11-31(12-3-1)36-28-37-43(46-45(36)51-53-52-46)35-15-4-5-16-38(35)50-44(37)33-14-10-13-32(25-33)29-19-21-30(22-20-29)34-26-41(39-17-6-8-23-47-39)49-42(27-34)40-18-7-9-24-48-40;1-3-10-26(11-4-1)33-25-34-38(43-42(33)47-49-48-43)32-16-7-8-17-37(32)46-39(34)31-15-9-14-30(24-31)36-23-21-29-19-18-28-20-22-35(27-12-5-2-6-13-27)44-40(28)41(29)45-36/h1-28H;1-25H. The van der Waals surface area contributed by atoms with Crippen molar-refractivity contribution in [2.75, 3.05) is 0 Å². The summed E-state index contributed by atoms with van der Waals surface area (Å²) in [6.07, 6.45) is 3.59. The van der Waals surface area contributed by atoms with Crippen LogP contribution in [-0.4, -0.2) is 52.4 Å². The van der Waals surface area contributed by atoms with Gasteiger partial charge in [0, 0.05) is 88.9 Å². The molecule has 9 heterocycles. The predicted octanol–water partition coefficient (Wildman–Crippen LogP) is 22.7. The van der Waals surface area contributed by atoms with Gasteiger partial charge < -0.3 is 0 Å². The Labute approximate surface area is 593 Å². The Bertz CT molecular complexity index is 6560. The van der Waals surface area contributed by atoms with Gasteiger partial charge in [0.05, 0.1) is 91.1 Å². The van der Waals surface area contributed by atoms with Gasteiger partial charge in [0.15, 0.2) is 0 Å². The Morgan fingerprint density at radius 2 is 0.608 bits per heavy atom. The summed E-state index contributed by atoms with van der Waals surface area (Å²) in [5.74, 6) is 0. The molecule has 20 aromatic rings. The molecule has 9 aromatic heterocycles. The summed E-state index contributed by atoms with van der Waals surface area (Å²) in [6, 6.07) is 107. The highest BCUT2D eigenvalue weighted by Gasteiger charge is 2.23. The quantitative estimate of drug-likeness (QED) is 0.121. The Kier molecular flexibility index (Phi) is 15.0. The summed E-state index contributed by atoms with van der Waals surface area (Å²) >= 11 is 2.51. The highest BCUT2D eigenvalue weighted by Crippen LogP contribution is 2.45. The fourth-order valence-electron chi connectivity index (χ4n) is 14.1. The lowest BCUT2D eigenvalue weighted by Crippen LogP contribution is -1.94. The number of nitrogens with zero attached hydrogens (tertiary/aromatic N) is 11. The van der Waals surface area contributed by atoms with Gasteiger partial charge in [-0.15, -0.1) is 0 Å². The van der Waals surface area contributed by atoms with Gasteiger partial charge in [-0.05, 0) is 118 Å². The molecule has 0 bridgehead atoms. The van der Waals surface area contributed by atoms with Crippen molar-refractivity contribution in [3.63, 3.8) is 0 Å². The number of rotatable bonds is 10. The predicted molar refractivity (Wildman–Crippen MR) is 419 cm³/mol. The Hall–Kier alpha value is -13.3. The second-order valence-corrected chi connectivity index (χ2v) is 26.1. The van der Waals surface area contributed by atoms with Crippen molar-refractivity contribution in [1.82, 2.24) is 52.4 Å². The van der Waals surface area contributed by atoms with Crippen molar-refractivity contribution in [3.8, 4) is 112 Å². The van der Waals surface area contributed by atoms with E-state index in [-0.39, 0.29) is 0 Å². The van der Waals surface area contributed by atoms with E-state index in [4.69, 9.17) is 42.4 Å². The Morgan fingerprint density at radius 1 is 0.206 bits per heavy atom. The first-order chi connectivity index (χ1) is 50.5. The molecule has 0 aliphatic heterocycles. The van der Waals surface area contributed by atoms with Crippen molar-refractivity contribution < 1.29 is 0 Å². The first kappa shape index (κ1) is 59.9. The van der Waals surface area contributed by atoms with E-state index in [0.29, 0.717) is 0 Å². The molecule has 11 aromatic carbocycles. The second-order valence-electron chi connectivity index (χ2n) is 25.1. The van der Waals surface area contributed by atoms with Crippen LogP contribution in [0.1, 0.15) is 0 Å². The molecule has 0 amide bonds. The topological polar surface area (TPSA) is 142 Å². The maximum atomic E-state index is 5.29.